The van der Waals surface area contributed by atoms with Crippen LogP contribution in [0, 0.1) is 5.92 Å². The SMILES string of the molecule is COC(=O)C(Sc1ncns1)C1CC1. The molecule has 1 atom stereocenters. The van der Waals surface area contributed by atoms with E-state index in [4.69, 9.17) is 4.74 Å². The first-order chi connectivity index (χ1) is 6.81. The molecule has 0 radical (unpaired) electrons. The molecule has 1 saturated carbocycles. The van der Waals surface area contributed by atoms with Crippen molar-refractivity contribution in [3.05, 3.63) is 6.33 Å². The van der Waals surface area contributed by atoms with Gasteiger partial charge in [-0.15, -0.1) is 0 Å². The van der Waals surface area contributed by atoms with Crippen molar-refractivity contribution < 1.29 is 9.53 Å². The number of aromatic nitrogens is 2. The predicted molar refractivity (Wildman–Crippen MR) is 54.3 cm³/mol. The zero-order chi connectivity index (χ0) is 9.97. The van der Waals surface area contributed by atoms with E-state index in [-0.39, 0.29) is 11.2 Å². The summed E-state index contributed by atoms with van der Waals surface area (Å²) < 4.78 is 9.50. The molecule has 14 heavy (non-hydrogen) atoms. The summed E-state index contributed by atoms with van der Waals surface area (Å²) in [6.07, 6.45) is 3.74. The summed E-state index contributed by atoms with van der Waals surface area (Å²) in [6, 6.07) is 0. The summed E-state index contributed by atoms with van der Waals surface area (Å²) in [6.45, 7) is 0. The fourth-order valence-corrected chi connectivity index (χ4v) is 3.05. The van der Waals surface area contributed by atoms with Gasteiger partial charge in [0.2, 0.25) is 0 Å². The van der Waals surface area contributed by atoms with Crippen LogP contribution < -0.4 is 0 Å². The first kappa shape index (κ1) is 9.92. The lowest BCUT2D eigenvalue weighted by atomic mass is 10.3. The quantitative estimate of drug-likeness (QED) is 0.580. The minimum atomic E-state index is -0.146. The zero-order valence-corrected chi connectivity index (χ0v) is 9.31. The maximum Gasteiger partial charge on any atom is 0.319 e. The monoisotopic (exact) mass is 230 g/mol. The summed E-state index contributed by atoms with van der Waals surface area (Å²) in [4.78, 5) is 15.5. The van der Waals surface area contributed by atoms with Crippen LogP contribution in [0.15, 0.2) is 10.7 Å². The minimum Gasteiger partial charge on any atom is -0.468 e. The molecule has 0 saturated heterocycles. The molecule has 76 valence electrons. The fraction of sp³-hybridized carbons (Fsp3) is 0.625. The van der Waals surface area contributed by atoms with Crippen molar-refractivity contribution >= 4 is 29.3 Å². The van der Waals surface area contributed by atoms with Gasteiger partial charge >= 0.3 is 5.97 Å². The van der Waals surface area contributed by atoms with E-state index in [9.17, 15) is 4.79 Å². The highest BCUT2D eigenvalue weighted by Gasteiger charge is 2.38. The largest absolute Gasteiger partial charge is 0.468 e. The van der Waals surface area contributed by atoms with Gasteiger partial charge < -0.3 is 4.74 Å². The maximum atomic E-state index is 11.4. The molecule has 4 nitrogen and oxygen atoms in total. The number of hydrogen-bond donors (Lipinski definition) is 0. The van der Waals surface area contributed by atoms with Crippen LogP contribution in [-0.2, 0) is 9.53 Å². The topological polar surface area (TPSA) is 52.1 Å². The lowest BCUT2D eigenvalue weighted by Crippen LogP contribution is -2.20. The molecule has 6 heteroatoms. The minimum absolute atomic E-state index is 0.0899. The standard InChI is InChI=1S/C8H10N2O2S2/c1-12-7(11)6(5-2-3-5)13-8-9-4-10-14-8/h4-6H,2-3H2,1H3. The molecule has 1 aliphatic rings. The number of nitrogens with zero attached hydrogens (tertiary/aromatic N) is 2. The molecule has 1 unspecified atom stereocenters. The summed E-state index contributed by atoms with van der Waals surface area (Å²) in [5.41, 5.74) is 0. The number of ether oxygens (including phenoxy) is 1. The van der Waals surface area contributed by atoms with Gasteiger partial charge in [-0.3, -0.25) is 4.79 Å². The van der Waals surface area contributed by atoms with Crippen LogP contribution in [-0.4, -0.2) is 27.7 Å². The Balaban J connectivity index is 2.00. The molecule has 2 rings (SSSR count). The third-order valence-corrected chi connectivity index (χ3v) is 4.16. The molecule has 1 aromatic heterocycles. The van der Waals surface area contributed by atoms with Crippen molar-refractivity contribution in [2.24, 2.45) is 5.92 Å². The Morgan fingerprint density at radius 2 is 2.57 bits per heavy atom. The molecule has 0 spiro atoms. The van der Waals surface area contributed by atoms with Gasteiger partial charge in [0.1, 0.15) is 11.6 Å². The van der Waals surface area contributed by atoms with Crippen molar-refractivity contribution in [2.75, 3.05) is 7.11 Å². The van der Waals surface area contributed by atoms with Gasteiger partial charge in [-0.2, -0.15) is 4.37 Å². The van der Waals surface area contributed by atoms with Gasteiger partial charge in [0.15, 0.2) is 4.34 Å². The normalized spacial score (nSPS) is 17.8. The summed E-state index contributed by atoms with van der Waals surface area (Å²) >= 11 is 2.79. The highest BCUT2D eigenvalue weighted by atomic mass is 32.2. The zero-order valence-electron chi connectivity index (χ0n) is 7.67. The number of thioether (sulfide) groups is 1. The first-order valence-electron chi connectivity index (χ1n) is 4.32. The Kier molecular flexibility index (Phi) is 3.02. The number of rotatable bonds is 4. The highest BCUT2D eigenvalue weighted by molar-refractivity contribution is 8.02. The maximum absolute atomic E-state index is 11.4. The molecule has 0 bridgehead atoms. The van der Waals surface area contributed by atoms with E-state index in [2.05, 4.69) is 9.36 Å². The van der Waals surface area contributed by atoms with E-state index < -0.39 is 0 Å². The third-order valence-electron chi connectivity index (χ3n) is 2.05. The van der Waals surface area contributed by atoms with E-state index in [1.165, 1.54) is 36.7 Å². The molecular formula is C8H10N2O2S2. The Labute approximate surface area is 90.2 Å². The van der Waals surface area contributed by atoms with E-state index in [0.29, 0.717) is 5.92 Å². The summed E-state index contributed by atoms with van der Waals surface area (Å²) in [7, 11) is 1.43. The van der Waals surface area contributed by atoms with E-state index in [1.54, 1.807) is 0 Å². The van der Waals surface area contributed by atoms with Gasteiger partial charge in [0.25, 0.3) is 0 Å². The Hall–Kier alpha value is -0.620. The number of hydrogen-bond acceptors (Lipinski definition) is 6. The van der Waals surface area contributed by atoms with Crippen LogP contribution in [0.3, 0.4) is 0 Å². The molecule has 1 aliphatic carbocycles. The number of carbonyl (C=O) groups is 1. The van der Waals surface area contributed by atoms with E-state index in [1.807, 2.05) is 0 Å². The van der Waals surface area contributed by atoms with Crippen LogP contribution in [0.2, 0.25) is 0 Å². The molecule has 0 N–H and O–H groups in total. The van der Waals surface area contributed by atoms with Crippen molar-refractivity contribution in [2.45, 2.75) is 22.4 Å². The van der Waals surface area contributed by atoms with Crippen LogP contribution in [0.25, 0.3) is 0 Å². The van der Waals surface area contributed by atoms with Gasteiger partial charge in [-0.25, -0.2) is 4.98 Å². The first-order valence-corrected chi connectivity index (χ1v) is 5.97. The van der Waals surface area contributed by atoms with Crippen LogP contribution in [0.5, 0.6) is 0 Å². The van der Waals surface area contributed by atoms with Gasteiger partial charge in [-0.05, 0) is 30.3 Å². The molecule has 1 aromatic rings. The second-order valence-corrected chi connectivity index (χ2v) is 5.27. The number of esters is 1. The van der Waals surface area contributed by atoms with Gasteiger partial charge in [-0.1, -0.05) is 11.8 Å². The highest BCUT2D eigenvalue weighted by Crippen LogP contribution is 2.42. The summed E-state index contributed by atoms with van der Waals surface area (Å²) in [5, 5.41) is -0.0899. The lowest BCUT2D eigenvalue weighted by molar-refractivity contribution is -0.140. The predicted octanol–water partition coefficient (Wildman–Crippen LogP) is 1.58. The van der Waals surface area contributed by atoms with Crippen molar-refractivity contribution in [3.63, 3.8) is 0 Å². The lowest BCUT2D eigenvalue weighted by Gasteiger charge is -2.10. The van der Waals surface area contributed by atoms with Crippen molar-refractivity contribution in [3.8, 4) is 0 Å². The van der Waals surface area contributed by atoms with E-state index >= 15 is 0 Å². The average Bonchev–Trinajstić information content (AvgIpc) is 2.92. The Morgan fingerprint density at radius 1 is 1.79 bits per heavy atom. The Bertz CT molecular complexity index is 311. The second-order valence-electron chi connectivity index (χ2n) is 3.11. The summed E-state index contributed by atoms with van der Waals surface area (Å²) in [5.74, 6) is 0.323. The third kappa shape index (κ3) is 2.24. The molecule has 0 aliphatic heterocycles. The molecular weight excluding hydrogens is 220 g/mol. The second kappa shape index (κ2) is 4.27. The van der Waals surface area contributed by atoms with Crippen molar-refractivity contribution in [1.29, 1.82) is 0 Å². The van der Waals surface area contributed by atoms with Gasteiger partial charge in [0, 0.05) is 0 Å². The van der Waals surface area contributed by atoms with Crippen LogP contribution in [0.1, 0.15) is 12.8 Å². The van der Waals surface area contributed by atoms with Crippen molar-refractivity contribution in [1.82, 2.24) is 9.36 Å². The number of methoxy groups -OCH3 is 1. The van der Waals surface area contributed by atoms with Gasteiger partial charge in [0.05, 0.1) is 7.11 Å². The smallest absolute Gasteiger partial charge is 0.319 e. The number of carbonyl (C=O) groups excluding carboxylic acids is 1. The molecule has 0 amide bonds. The van der Waals surface area contributed by atoms with Crippen LogP contribution >= 0.6 is 23.3 Å². The van der Waals surface area contributed by atoms with E-state index in [0.717, 1.165) is 17.2 Å². The average molecular weight is 230 g/mol. The molecule has 0 aromatic carbocycles. The molecule has 1 fully saturated rings. The molecule has 1 heterocycles. The Morgan fingerprint density at radius 3 is 3.07 bits per heavy atom. The fourth-order valence-electron chi connectivity index (χ4n) is 1.18. The van der Waals surface area contributed by atoms with Crippen LogP contribution in [0.4, 0.5) is 0 Å².